The highest BCUT2D eigenvalue weighted by Crippen LogP contribution is 2.25. The third kappa shape index (κ3) is 7.61. The van der Waals surface area contributed by atoms with Crippen molar-refractivity contribution >= 4 is 11.8 Å². The van der Waals surface area contributed by atoms with Crippen molar-refractivity contribution < 1.29 is 4.74 Å². The molecule has 1 aliphatic rings. The molecule has 3 heterocycles. The van der Waals surface area contributed by atoms with Gasteiger partial charge in [0.1, 0.15) is 11.5 Å². The van der Waals surface area contributed by atoms with E-state index >= 15 is 0 Å². The smallest absolute Gasteiger partial charge is 0.147 e. The summed E-state index contributed by atoms with van der Waals surface area (Å²) in [6, 6.07) is 8.36. The summed E-state index contributed by atoms with van der Waals surface area (Å²) in [6.45, 7) is 4.91. The Labute approximate surface area is 187 Å². The van der Waals surface area contributed by atoms with Crippen molar-refractivity contribution in [1.29, 1.82) is 0 Å². The van der Waals surface area contributed by atoms with Crippen LogP contribution in [0.25, 0.3) is 6.08 Å². The second-order valence-electron chi connectivity index (χ2n) is 8.42. The van der Waals surface area contributed by atoms with Gasteiger partial charge in [-0.25, -0.2) is 4.99 Å². The zero-order valence-electron chi connectivity index (χ0n) is 19.4. The van der Waals surface area contributed by atoms with Gasteiger partial charge < -0.3 is 14.7 Å². The number of unbranched alkanes of at least 4 members (excludes halogenated alkanes) is 9. The lowest BCUT2D eigenvalue weighted by Crippen LogP contribution is -1.94. The summed E-state index contributed by atoms with van der Waals surface area (Å²) in [5.74, 6) is 0.831. The number of aromatic amines is 2. The maximum absolute atomic E-state index is 5.81. The molecule has 0 bridgehead atoms. The standard InChI is InChI=1S/C27H39N3O/c1-3-5-6-7-8-9-10-11-12-13-15-22-17-18-23(29-22)20-26-27(31-4-2)21-25(30-26)24-16-14-19-28-24/h14,16-21,28-29H,3-13,15H2,1-2H3. The SMILES string of the molecule is CCCCCCCCCCCCc1ccc(C=C2N=C(c3ccc[nH]3)C=C2OCC)[nH]1. The van der Waals surface area contributed by atoms with Crippen molar-refractivity contribution in [3.63, 3.8) is 0 Å². The molecule has 4 nitrogen and oxygen atoms in total. The van der Waals surface area contributed by atoms with Gasteiger partial charge in [-0.1, -0.05) is 64.7 Å². The fourth-order valence-electron chi connectivity index (χ4n) is 4.06. The molecule has 31 heavy (non-hydrogen) atoms. The number of nitrogens with zero attached hydrogens (tertiary/aromatic N) is 1. The van der Waals surface area contributed by atoms with Crippen LogP contribution in [-0.2, 0) is 11.2 Å². The highest BCUT2D eigenvalue weighted by Gasteiger charge is 2.17. The highest BCUT2D eigenvalue weighted by molar-refractivity contribution is 6.11. The van der Waals surface area contributed by atoms with E-state index in [2.05, 4.69) is 35.1 Å². The number of nitrogens with one attached hydrogen (secondary N) is 2. The molecular formula is C27H39N3O. The van der Waals surface area contributed by atoms with Gasteiger partial charge in [0, 0.05) is 23.7 Å². The van der Waals surface area contributed by atoms with Gasteiger partial charge in [0.05, 0.1) is 18.0 Å². The van der Waals surface area contributed by atoms with Gasteiger partial charge in [-0.3, -0.25) is 0 Å². The number of aliphatic imine (C=N–C) groups is 1. The second kappa shape index (κ2) is 13.0. The number of aromatic nitrogens is 2. The molecule has 4 heteroatoms. The van der Waals surface area contributed by atoms with Gasteiger partial charge in [0.25, 0.3) is 0 Å². The number of aryl methyl sites for hydroxylation is 1. The van der Waals surface area contributed by atoms with E-state index in [1.54, 1.807) is 0 Å². The topological polar surface area (TPSA) is 53.2 Å². The maximum atomic E-state index is 5.81. The van der Waals surface area contributed by atoms with Gasteiger partial charge in [0.2, 0.25) is 0 Å². The molecule has 0 saturated carbocycles. The van der Waals surface area contributed by atoms with Crippen molar-refractivity contribution in [3.05, 3.63) is 65.1 Å². The van der Waals surface area contributed by atoms with Crippen molar-refractivity contribution in [2.45, 2.75) is 84.5 Å². The molecule has 0 unspecified atom stereocenters. The van der Waals surface area contributed by atoms with E-state index in [9.17, 15) is 0 Å². The van der Waals surface area contributed by atoms with E-state index in [0.717, 1.165) is 35.0 Å². The van der Waals surface area contributed by atoms with Gasteiger partial charge >= 0.3 is 0 Å². The van der Waals surface area contributed by atoms with Crippen LogP contribution in [0.1, 0.15) is 95.1 Å². The zero-order chi connectivity index (χ0) is 21.7. The first-order valence-electron chi connectivity index (χ1n) is 12.3. The number of rotatable bonds is 15. The lowest BCUT2D eigenvalue weighted by atomic mass is 10.1. The number of hydrogen-bond acceptors (Lipinski definition) is 2. The molecule has 2 aromatic heterocycles. The Kier molecular flexibility index (Phi) is 9.75. The fraction of sp³-hybridized carbons (Fsp3) is 0.519. The van der Waals surface area contributed by atoms with Crippen LogP contribution >= 0.6 is 0 Å². The minimum Gasteiger partial charge on any atom is -0.492 e. The molecule has 168 valence electrons. The normalized spacial score (nSPS) is 14.8. The molecule has 0 amide bonds. The number of allylic oxidation sites excluding steroid dienone is 1. The van der Waals surface area contributed by atoms with E-state index in [1.807, 2.05) is 31.3 Å². The Balaban J connectivity index is 1.43. The van der Waals surface area contributed by atoms with E-state index < -0.39 is 0 Å². The van der Waals surface area contributed by atoms with E-state index in [1.165, 1.54) is 69.9 Å². The van der Waals surface area contributed by atoms with E-state index in [-0.39, 0.29) is 0 Å². The number of H-pyrrole nitrogens is 2. The first-order valence-corrected chi connectivity index (χ1v) is 12.3. The molecule has 2 N–H and O–H groups in total. The third-order valence-electron chi connectivity index (χ3n) is 5.80. The summed E-state index contributed by atoms with van der Waals surface area (Å²) in [7, 11) is 0. The molecule has 0 aromatic carbocycles. The summed E-state index contributed by atoms with van der Waals surface area (Å²) < 4.78 is 5.81. The summed E-state index contributed by atoms with van der Waals surface area (Å²) in [5.41, 5.74) is 5.18. The van der Waals surface area contributed by atoms with Crippen molar-refractivity contribution in [2.24, 2.45) is 4.99 Å². The maximum Gasteiger partial charge on any atom is 0.147 e. The van der Waals surface area contributed by atoms with Crippen LogP contribution < -0.4 is 0 Å². The summed E-state index contributed by atoms with van der Waals surface area (Å²) in [4.78, 5) is 11.5. The lowest BCUT2D eigenvalue weighted by Gasteiger charge is -2.04. The summed E-state index contributed by atoms with van der Waals surface area (Å²) >= 11 is 0. The largest absolute Gasteiger partial charge is 0.492 e. The third-order valence-corrected chi connectivity index (χ3v) is 5.80. The molecule has 0 fully saturated rings. The zero-order valence-corrected chi connectivity index (χ0v) is 19.4. The lowest BCUT2D eigenvalue weighted by molar-refractivity contribution is 0.239. The van der Waals surface area contributed by atoms with Crippen LogP contribution in [0.3, 0.4) is 0 Å². The van der Waals surface area contributed by atoms with Crippen molar-refractivity contribution in [1.82, 2.24) is 9.97 Å². The average molecular weight is 422 g/mol. The monoisotopic (exact) mass is 421 g/mol. The van der Waals surface area contributed by atoms with E-state index in [4.69, 9.17) is 9.73 Å². The quantitative estimate of drug-likeness (QED) is 0.286. The van der Waals surface area contributed by atoms with Crippen molar-refractivity contribution in [3.8, 4) is 0 Å². The molecule has 1 aliphatic heterocycles. The Bertz CT molecular complexity index is 855. The van der Waals surface area contributed by atoms with E-state index in [0.29, 0.717) is 6.61 Å². The van der Waals surface area contributed by atoms with Crippen LogP contribution in [0.2, 0.25) is 0 Å². The van der Waals surface area contributed by atoms with Crippen LogP contribution in [0.4, 0.5) is 0 Å². The summed E-state index contributed by atoms with van der Waals surface area (Å²) in [6.07, 6.45) is 20.9. The van der Waals surface area contributed by atoms with Gasteiger partial charge in [0.15, 0.2) is 0 Å². The molecule has 0 saturated heterocycles. The first kappa shape index (κ1) is 23.2. The van der Waals surface area contributed by atoms with Crippen LogP contribution in [0.5, 0.6) is 0 Å². The van der Waals surface area contributed by atoms with Crippen molar-refractivity contribution in [2.75, 3.05) is 6.61 Å². The first-order chi connectivity index (χ1) is 15.3. The van der Waals surface area contributed by atoms with Gasteiger partial charge in [-0.05, 0) is 50.1 Å². The number of ether oxygens (including phenoxy) is 1. The molecule has 3 rings (SSSR count). The molecule has 0 aliphatic carbocycles. The number of hydrogen-bond donors (Lipinski definition) is 2. The Morgan fingerprint density at radius 2 is 1.65 bits per heavy atom. The Hall–Kier alpha value is -2.49. The fourth-order valence-corrected chi connectivity index (χ4v) is 4.06. The predicted molar refractivity (Wildman–Crippen MR) is 131 cm³/mol. The minimum absolute atomic E-state index is 0.630. The Morgan fingerprint density at radius 3 is 2.32 bits per heavy atom. The molecule has 0 spiro atoms. The van der Waals surface area contributed by atoms with Gasteiger partial charge in [-0.2, -0.15) is 0 Å². The minimum atomic E-state index is 0.630. The van der Waals surface area contributed by atoms with Crippen LogP contribution in [0, 0.1) is 0 Å². The average Bonchev–Trinajstić information content (AvgIpc) is 3.52. The molecule has 0 radical (unpaired) electrons. The van der Waals surface area contributed by atoms with Crippen LogP contribution in [-0.4, -0.2) is 22.3 Å². The highest BCUT2D eigenvalue weighted by atomic mass is 16.5. The Morgan fingerprint density at radius 1 is 0.903 bits per heavy atom. The second-order valence-corrected chi connectivity index (χ2v) is 8.42. The molecular weight excluding hydrogens is 382 g/mol. The van der Waals surface area contributed by atoms with Gasteiger partial charge in [-0.15, -0.1) is 0 Å². The predicted octanol–water partition coefficient (Wildman–Crippen LogP) is 7.57. The summed E-state index contributed by atoms with van der Waals surface area (Å²) in [5, 5.41) is 0. The molecule has 0 atom stereocenters. The van der Waals surface area contributed by atoms with Crippen LogP contribution in [0.15, 0.2) is 53.0 Å². The molecule has 2 aromatic rings.